The van der Waals surface area contributed by atoms with E-state index in [4.69, 9.17) is 15.9 Å². The van der Waals surface area contributed by atoms with E-state index in [9.17, 15) is 4.79 Å². The lowest BCUT2D eigenvalue weighted by Gasteiger charge is -2.06. The molecule has 2 aliphatic carbocycles. The standard InChI is InChI=1S/C7H10.C4H9NO3/c1-2-7-4-3-6(1)5-7;1-2(6)3(5)4(7)8/h1-2,6-7H,3-5H2;2-3,6H,5H2,1H3,(H,7,8). The SMILES string of the molecule is C1=CC2CCC1C2.CC(O)C(N)C(=O)O. The van der Waals surface area contributed by atoms with Crippen LogP contribution in [0.25, 0.3) is 0 Å². The van der Waals surface area contributed by atoms with Gasteiger partial charge in [0.05, 0.1) is 6.10 Å². The maximum Gasteiger partial charge on any atom is 0.323 e. The molecular weight excluding hydrogens is 194 g/mol. The van der Waals surface area contributed by atoms with Gasteiger partial charge in [0.15, 0.2) is 0 Å². The minimum Gasteiger partial charge on any atom is -0.480 e. The molecule has 0 aromatic rings. The molecular formula is C11H19NO3. The fourth-order valence-corrected chi connectivity index (χ4v) is 1.92. The van der Waals surface area contributed by atoms with Crippen LogP contribution in [0, 0.1) is 11.8 Å². The number of carboxylic acids is 1. The lowest BCUT2D eigenvalue weighted by atomic mass is 10.1. The van der Waals surface area contributed by atoms with Crippen LogP contribution >= 0.6 is 0 Å². The number of hydrogen-bond acceptors (Lipinski definition) is 3. The van der Waals surface area contributed by atoms with Crippen molar-refractivity contribution in [3.05, 3.63) is 12.2 Å². The predicted octanol–water partition coefficient (Wildman–Crippen LogP) is 0.752. The van der Waals surface area contributed by atoms with Crippen molar-refractivity contribution in [2.45, 2.75) is 38.3 Å². The molecule has 4 unspecified atom stereocenters. The number of aliphatic carboxylic acids is 1. The third-order valence-corrected chi connectivity index (χ3v) is 2.97. The van der Waals surface area contributed by atoms with Gasteiger partial charge in [0.25, 0.3) is 0 Å². The zero-order valence-electron chi connectivity index (χ0n) is 8.97. The van der Waals surface area contributed by atoms with E-state index in [0.717, 1.165) is 11.8 Å². The highest BCUT2D eigenvalue weighted by molar-refractivity contribution is 5.73. The fraction of sp³-hybridized carbons (Fsp3) is 0.727. The molecule has 2 aliphatic rings. The topological polar surface area (TPSA) is 83.5 Å². The molecule has 1 fully saturated rings. The van der Waals surface area contributed by atoms with E-state index in [-0.39, 0.29) is 0 Å². The largest absolute Gasteiger partial charge is 0.480 e. The summed E-state index contributed by atoms with van der Waals surface area (Å²) >= 11 is 0. The molecule has 0 spiro atoms. The fourth-order valence-electron chi connectivity index (χ4n) is 1.92. The van der Waals surface area contributed by atoms with Crippen molar-refractivity contribution in [3.8, 4) is 0 Å². The Labute approximate surface area is 89.8 Å². The predicted molar refractivity (Wildman–Crippen MR) is 57.3 cm³/mol. The van der Waals surface area contributed by atoms with Gasteiger partial charge in [-0.05, 0) is 38.0 Å². The lowest BCUT2D eigenvalue weighted by Crippen LogP contribution is -2.39. The van der Waals surface area contributed by atoms with Crippen molar-refractivity contribution in [2.24, 2.45) is 17.6 Å². The van der Waals surface area contributed by atoms with E-state index in [1.54, 1.807) is 0 Å². The van der Waals surface area contributed by atoms with Gasteiger partial charge in [-0.1, -0.05) is 12.2 Å². The molecule has 4 nitrogen and oxygen atoms in total. The lowest BCUT2D eigenvalue weighted by molar-refractivity contribution is -0.140. The minimum atomic E-state index is -1.18. The average Bonchev–Trinajstić information content (AvgIpc) is 2.80. The zero-order valence-corrected chi connectivity index (χ0v) is 8.97. The number of fused-ring (bicyclic) bond motifs is 2. The highest BCUT2D eigenvalue weighted by Crippen LogP contribution is 2.38. The second-order valence-electron chi connectivity index (χ2n) is 4.32. The monoisotopic (exact) mass is 213 g/mol. The van der Waals surface area contributed by atoms with Gasteiger partial charge in [-0.3, -0.25) is 4.79 Å². The van der Waals surface area contributed by atoms with Gasteiger partial charge >= 0.3 is 5.97 Å². The van der Waals surface area contributed by atoms with Gasteiger partial charge in [0.2, 0.25) is 0 Å². The summed E-state index contributed by atoms with van der Waals surface area (Å²) in [6.07, 6.45) is 8.21. The van der Waals surface area contributed by atoms with Crippen LogP contribution in [0.15, 0.2) is 12.2 Å². The van der Waals surface area contributed by atoms with E-state index in [2.05, 4.69) is 12.2 Å². The van der Waals surface area contributed by atoms with Crippen molar-refractivity contribution in [1.82, 2.24) is 0 Å². The molecule has 4 atom stereocenters. The summed E-state index contributed by atoms with van der Waals surface area (Å²) in [5.74, 6) is 0.801. The molecule has 4 N–H and O–H groups in total. The number of aliphatic hydroxyl groups excluding tert-OH is 1. The van der Waals surface area contributed by atoms with E-state index in [1.807, 2.05) is 0 Å². The van der Waals surface area contributed by atoms with Gasteiger partial charge in [0, 0.05) is 0 Å². The van der Waals surface area contributed by atoms with Crippen LogP contribution < -0.4 is 5.73 Å². The summed E-state index contributed by atoms with van der Waals surface area (Å²) in [7, 11) is 0. The number of allylic oxidation sites excluding steroid dienone is 2. The third kappa shape index (κ3) is 3.64. The van der Waals surface area contributed by atoms with E-state index < -0.39 is 18.1 Å². The summed E-state index contributed by atoms with van der Waals surface area (Å²) in [6, 6.07) is -1.16. The molecule has 4 heteroatoms. The van der Waals surface area contributed by atoms with Crippen LogP contribution in [0.3, 0.4) is 0 Å². The van der Waals surface area contributed by atoms with Gasteiger partial charge in [-0.15, -0.1) is 0 Å². The summed E-state index contributed by atoms with van der Waals surface area (Å²) in [5.41, 5.74) is 4.91. The van der Waals surface area contributed by atoms with Crippen molar-refractivity contribution >= 4 is 5.97 Å². The maximum atomic E-state index is 9.86. The Bertz CT molecular complexity index is 238. The second kappa shape index (κ2) is 5.28. The Morgan fingerprint density at radius 1 is 1.40 bits per heavy atom. The molecule has 0 saturated heterocycles. The van der Waals surface area contributed by atoms with Gasteiger partial charge in [-0.25, -0.2) is 0 Å². The highest BCUT2D eigenvalue weighted by Gasteiger charge is 2.25. The number of carboxylic acid groups (broad SMARTS) is 1. The molecule has 0 heterocycles. The summed E-state index contributed by atoms with van der Waals surface area (Å²) in [5, 5.41) is 16.6. The summed E-state index contributed by atoms with van der Waals surface area (Å²) in [4.78, 5) is 9.86. The molecule has 0 aromatic carbocycles. The molecule has 2 rings (SSSR count). The van der Waals surface area contributed by atoms with Crippen LogP contribution in [-0.4, -0.2) is 28.3 Å². The van der Waals surface area contributed by atoms with Crippen molar-refractivity contribution in [3.63, 3.8) is 0 Å². The third-order valence-electron chi connectivity index (χ3n) is 2.97. The summed E-state index contributed by atoms with van der Waals surface area (Å²) < 4.78 is 0. The van der Waals surface area contributed by atoms with Crippen LogP contribution in [0.1, 0.15) is 26.2 Å². The molecule has 0 radical (unpaired) electrons. The Kier molecular flexibility index (Phi) is 4.29. The maximum absolute atomic E-state index is 9.86. The van der Waals surface area contributed by atoms with Crippen LogP contribution in [0.4, 0.5) is 0 Å². The van der Waals surface area contributed by atoms with Crippen molar-refractivity contribution in [2.75, 3.05) is 0 Å². The van der Waals surface area contributed by atoms with Crippen LogP contribution in [0.2, 0.25) is 0 Å². The molecule has 86 valence electrons. The molecule has 1 saturated carbocycles. The van der Waals surface area contributed by atoms with E-state index in [0.29, 0.717) is 0 Å². The van der Waals surface area contributed by atoms with Gasteiger partial charge in [-0.2, -0.15) is 0 Å². The Hall–Kier alpha value is -0.870. The molecule has 0 aliphatic heterocycles. The first-order valence-electron chi connectivity index (χ1n) is 5.35. The smallest absolute Gasteiger partial charge is 0.323 e. The Morgan fingerprint density at radius 3 is 1.93 bits per heavy atom. The van der Waals surface area contributed by atoms with E-state index in [1.165, 1.54) is 26.2 Å². The number of carbonyl (C=O) groups is 1. The molecule has 15 heavy (non-hydrogen) atoms. The average molecular weight is 213 g/mol. The first kappa shape index (κ1) is 12.2. The van der Waals surface area contributed by atoms with Gasteiger partial charge in [0.1, 0.15) is 6.04 Å². The second-order valence-corrected chi connectivity index (χ2v) is 4.32. The summed E-state index contributed by atoms with van der Waals surface area (Å²) in [6.45, 7) is 1.33. The Balaban J connectivity index is 0.000000150. The van der Waals surface area contributed by atoms with E-state index >= 15 is 0 Å². The van der Waals surface area contributed by atoms with Crippen LogP contribution in [0.5, 0.6) is 0 Å². The van der Waals surface area contributed by atoms with Crippen LogP contribution in [-0.2, 0) is 4.79 Å². The Morgan fingerprint density at radius 2 is 1.87 bits per heavy atom. The van der Waals surface area contributed by atoms with Gasteiger partial charge < -0.3 is 15.9 Å². The molecule has 2 bridgehead atoms. The van der Waals surface area contributed by atoms with Crippen molar-refractivity contribution in [1.29, 1.82) is 0 Å². The number of aliphatic hydroxyl groups is 1. The molecule has 0 aromatic heterocycles. The number of rotatable bonds is 2. The highest BCUT2D eigenvalue weighted by atomic mass is 16.4. The minimum absolute atomic E-state index is 0.979. The number of hydrogen-bond donors (Lipinski definition) is 3. The number of nitrogens with two attached hydrogens (primary N) is 1. The van der Waals surface area contributed by atoms with Crippen molar-refractivity contribution < 1.29 is 15.0 Å². The zero-order chi connectivity index (χ0) is 11.4. The quantitative estimate of drug-likeness (QED) is 0.591. The first-order valence-corrected chi connectivity index (χ1v) is 5.35. The molecule has 0 amide bonds. The first-order chi connectivity index (χ1) is 7.00. The normalized spacial score (nSPS) is 30.6.